The summed E-state index contributed by atoms with van der Waals surface area (Å²) in [4.78, 5) is 2.08. The Morgan fingerprint density at radius 2 is 2.17 bits per heavy atom. The highest BCUT2D eigenvalue weighted by Crippen LogP contribution is 2.37. The first-order valence-corrected chi connectivity index (χ1v) is 6.13. The van der Waals surface area contributed by atoms with Crippen molar-refractivity contribution >= 4 is 11.7 Å². The van der Waals surface area contributed by atoms with Crippen LogP contribution in [0.1, 0.15) is 31.3 Å². The van der Waals surface area contributed by atoms with Crippen LogP contribution in [-0.2, 0) is 6.42 Å². The largest absolute Gasteiger partial charge is 0.406 e. The Hall–Kier alpha value is -1.88. The second kappa shape index (κ2) is 4.10. The van der Waals surface area contributed by atoms with Crippen LogP contribution in [0.3, 0.4) is 0 Å². The lowest BCUT2D eigenvalue weighted by atomic mass is 10.1. The van der Waals surface area contributed by atoms with Gasteiger partial charge < -0.3 is 10.2 Å². The number of hydrogen-bond donors (Lipinski definition) is 1. The van der Waals surface area contributed by atoms with Crippen LogP contribution in [-0.4, -0.2) is 16.2 Å². The molecule has 0 radical (unpaired) electrons. The molecule has 1 aliphatic rings. The Bertz CT molecular complexity index is 564. The first kappa shape index (κ1) is 11.2. The fourth-order valence-electron chi connectivity index (χ4n) is 2.36. The van der Waals surface area contributed by atoms with Gasteiger partial charge in [0.15, 0.2) is 0 Å². The van der Waals surface area contributed by atoms with E-state index in [1.807, 2.05) is 13.0 Å². The third kappa shape index (κ3) is 1.67. The van der Waals surface area contributed by atoms with E-state index in [0.29, 0.717) is 17.9 Å². The summed E-state index contributed by atoms with van der Waals surface area (Å²) < 4.78 is 5.63. The van der Waals surface area contributed by atoms with Gasteiger partial charge in [0.05, 0.1) is 6.04 Å². The molecule has 94 valence electrons. The average Bonchev–Trinajstić information content (AvgIpc) is 2.91. The average molecular weight is 244 g/mol. The van der Waals surface area contributed by atoms with Crippen molar-refractivity contribution in [3.63, 3.8) is 0 Å². The number of para-hydroxylation sites is 1. The van der Waals surface area contributed by atoms with Crippen LogP contribution in [0.25, 0.3) is 0 Å². The maximum absolute atomic E-state index is 5.74. The molecule has 5 heteroatoms. The lowest BCUT2D eigenvalue weighted by Gasteiger charge is -2.19. The zero-order valence-corrected chi connectivity index (χ0v) is 10.5. The van der Waals surface area contributed by atoms with Gasteiger partial charge in [-0.2, -0.15) is 0 Å². The third-order valence-corrected chi connectivity index (χ3v) is 3.23. The number of fused-ring (bicyclic) bond motifs is 1. The topological polar surface area (TPSA) is 68.2 Å². The summed E-state index contributed by atoms with van der Waals surface area (Å²) >= 11 is 0. The standard InChI is InChI=1S/C13H16N4O/c1-8-7-10-5-3-4-6-11(10)17(8)13-16-15-12(18-13)9(2)14/h3-6,8-9H,7,14H2,1-2H3. The number of rotatable bonds is 2. The van der Waals surface area contributed by atoms with Crippen LogP contribution in [0.2, 0.25) is 0 Å². The molecule has 0 bridgehead atoms. The van der Waals surface area contributed by atoms with E-state index in [4.69, 9.17) is 10.2 Å². The number of nitrogens with two attached hydrogens (primary N) is 1. The summed E-state index contributed by atoms with van der Waals surface area (Å²) in [7, 11) is 0. The van der Waals surface area contributed by atoms with Crippen LogP contribution in [0.4, 0.5) is 11.7 Å². The van der Waals surface area contributed by atoms with Crippen molar-refractivity contribution in [2.75, 3.05) is 4.90 Å². The Kier molecular flexibility index (Phi) is 2.56. The van der Waals surface area contributed by atoms with Crippen molar-refractivity contribution in [3.8, 4) is 0 Å². The first-order chi connectivity index (χ1) is 8.66. The van der Waals surface area contributed by atoms with E-state index in [1.54, 1.807) is 0 Å². The quantitative estimate of drug-likeness (QED) is 0.876. The highest BCUT2D eigenvalue weighted by molar-refractivity contribution is 5.66. The molecule has 2 aromatic rings. The number of aromatic nitrogens is 2. The van der Waals surface area contributed by atoms with Gasteiger partial charge in [-0.3, -0.25) is 4.90 Å². The molecule has 3 rings (SSSR count). The summed E-state index contributed by atoms with van der Waals surface area (Å²) in [5.41, 5.74) is 8.19. The van der Waals surface area contributed by atoms with Crippen molar-refractivity contribution in [2.45, 2.75) is 32.4 Å². The van der Waals surface area contributed by atoms with E-state index in [0.717, 1.165) is 12.1 Å². The van der Waals surface area contributed by atoms with Gasteiger partial charge in [0.2, 0.25) is 5.89 Å². The Labute approximate surface area is 106 Å². The van der Waals surface area contributed by atoms with Gasteiger partial charge in [-0.05, 0) is 31.9 Å². The molecule has 1 aromatic heterocycles. The molecule has 0 saturated heterocycles. The maximum atomic E-state index is 5.74. The minimum atomic E-state index is -0.237. The molecule has 2 atom stereocenters. The Balaban J connectivity index is 2.01. The zero-order chi connectivity index (χ0) is 12.7. The monoisotopic (exact) mass is 244 g/mol. The van der Waals surface area contributed by atoms with E-state index in [2.05, 4.69) is 40.2 Å². The number of benzene rings is 1. The molecule has 0 fully saturated rings. The van der Waals surface area contributed by atoms with Gasteiger partial charge in [-0.15, -0.1) is 5.10 Å². The van der Waals surface area contributed by atoms with E-state index < -0.39 is 0 Å². The maximum Gasteiger partial charge on any atom is 0.323 e. The minimum Gasteiger partial charge on any atom is -0.406 e. The zero-order valence-electron chi connectivity index (χ0n) is 10.5. The van der Waals surface area contributed by atoms with E-state index in [9.17, 15) is 0 Å². The van der Waals surface area contributed by atoms with Crippen LogP contribution in [0, 0.1) is 0 Å². The lowest BCUT2D eigenvalue weighted by Crippen LogP contribution is -2.24. The normalized spacial score (nSPS) is 19.9. The van der Waals surface area contributed by atoms with Gasteiger partial charge in [-0.1, -0.05) is 23.3 Å². The van der Waals surface area contributed by atoms with E-state index >= 15 is 0 Å². The summed E-state index contributed by atoms with van der Waals surface area (Å²) in [5.74, 6) is 0.474. The molecule has 0 aliphatic carbocycles. The van der Waals surface area contributed by atoms with Crippen molar-refractivity contribution in [1.29, 1.82) is 0 Å². The van der Waals surface area contributed by atoms with Crippen molar-refractivity contribution in [2.24, 2.45) is 5.73 Å². The second-order valence-electron chi connectivity index (χ2n) is 4.76. The molecule has 2 unspecified atom stereocenters. The van der Waals surface area contributed by atoms with Gasteiger partial charge in [0.1, 0.15) is 0 Å². The molecule has 2 heterocycles. The molecule has 0 amide bonds. The predicted molar refractivity (Wildman–Crippen MR) is 68.6 cm³/mol. The number of hydrogen-bond acceptors (Lipinski definition) is 5. The molecule has 1 aromatic carbocycles. The predicted octanol–water partition coefficient (Wildman–Crippen LogP) is 2.17. The molecule has 0 saturated carbocycles. The van der Waals surface area contributed by atoms with Crippen LogP contribution in [0.5, 0.6) is 0 Å². The fourth-order valence-corrected chi connectivity index (χ4v) is 2.36. The molecular formula is C13H16N4O. The van der Waals surface area contributed by atoms with E-state index in [1.165, 1.54) is 5.56 Å². The molecule has 1 aliphatic heterocycles. The molecule has 2 N–H and O–H groups in total. The highest BCUT2D eigenvalue weighted by atomic mass is 16.4. The van der Waals surface area contributed by atoms with E-state index in [-0.39, 0.29) is 6.04 Å². The highest BCUT2D eigenvalue weighted by Gasteiger charge is 2.30. The van der Waals surface area contributed by atoms with Gasteiger partial charge in [0.25, 0.3) is 0 Å². The lowest BCUT2D eigenvalue weighted by molar-refractivity contribution is 0.459. The molecule has 18 heavy (non-hydrogen) atoms. The third-order valence-electron chi connectivity index (χ3n) is 3.23. The Morgan fingerprint density at radius 3 is 2.89 bits per heavy atom. The van der Waals surface area contributed by atoms with Gasteiger partial charge >= 0.3 is 6.01 Å². The molecule has 0 spiro atoms. The Morgan fingerprint density at radius 1 is 1.39 bits per heavy atom. The van der Waals surface area contributed by atoms with Gasteiger partial charge in [0, 0.05) is 11.7 Å². The van der Waals surface area contributed by atoms with Crippen molar-refractivity contribution in [1.82, 2.24) is 10.2 Å². The number of anilines is 2. The smallest absolute Gasteiger partial charge is 0.323 e. The van der Waals surface area contributed by atoms with Crippen molar-refractivity contribution in [3.05, 3.63) is 35.7 Å². The van der Waals surface area contributed by atoms with Crippen LogP contribution in [0.15, 0.2) is 28.7 Å². The van der Waals surface area contributed by atoms with Crippen LogP contribution < -0.4 is 10.6 Å². The second-order valence-corrected chi connectivity index (χ2v) is 4.76. The van der Waals surface area contributed by atoms with Crippen molar-refractivity contribution < 1.29 is 4.42 Å². The minimum absolute atomic E-state index is 0.237. The summed E-state index contributed by atoms with van der Waals surface area (Å²) in [6.45, 7) is 3.98. The number of nitrogens with zero attached hydrogens (tertiary/aromatic N) is 3. The van der Waals surface area contributed by atoms with Crippen LogP contribution >= 0.6 is 0 Å². The summed E-state index contributed by atoms with van der Waals surface area (Å²) in [5, 5.41) is 8.08. The fraction of sp³-hybridized carbons (Fsp3) is 0.385. The SMILES string of the molecule is CC(N)c1nnc(N2c3ccccc3CC2C)o1. The summed E-state index contributed by atoms with van der Waals surface area (Å²) in [6, 6.07) is 8.90. The summed E-state index contributed by atoms with van der Waals surface area (Å²) in [6.07, 6.45) is 0.992. The first-order valence-electron chi connectivity index (χ1n) is 6.13. The molecular weight excluding hydrogens is 228 g/mol. The molecule has 5 nitrogen and oxygen atoms in total. The van der Waals surface area contributed by atoms with Gasteiger partial charge in [-0.25, -0.2) is 0 Å².